The van der Waals surface area contributed by atoms with Crippen molar-refractivity contribution in [2.24, 2.45) is 11.1 Å². The summed E-state index contributed by atoms with van der Waals surface area (Å²) in [4.78, 5) is 12.1. The lowest BCUT2D eigenvalue weighted by Gasteiger charge is -2.23. The zero-order valence-corrected chi connectivity index (χ0v) is 13.8. The summed E-state index contributed by atoms with van der Waals surface area (Å²) in [5.41, 5.74) is 7.15. The van der Waals surface area contributed by atoms with E-state index >= 15 is 0 Å². The van der Waals surface area contributed by atoms with E-state index in [1.165, 1.54) is 0 Å². The Morgan fingerprint density at radius 2 is 1.95 bits per heavy atom. The number of amides is 1. The number of nitrogens with one attached hydrogen (secondary N) is 1. The molecule has 1 aromatic rings. The fourth-order valence-corrected chi connectivity index (χ4v) is 2.50. The number of carbonyl (C=O) groups excluding carboxylic acids is 1. The largest absolute Gasteiger partial charge is 0.496 e. The van der Waals surface area contributed by atoms with Gasteiger partial charge in [0, 0.05) is 18.0 Å². The van der Waals surface area contributed by atoms with Crippen molar-refractivity contribution in [1.29, 1.82) is 0 Å². The van der Waals surface area contributed by atoms with Crippen molar-refractivity contribution in [1.82, 2.24) is 5.32 Å². The molecule has 0 aromatic heterocycles. The third-order valence-electron chi connectivity index (χ3n) is 3.31. The topological polar surface area (TPSA) is 64.3 Å². The second kappa shape index (κ2) is 7.46. The molecule has 1 unspecified atom stereocenters. The smallest absolute Gasteiger partial charge is 0.222 e. The number of hydrogen-bond acceptors (Lipinski definition) is 3. The van der Waals surface area contributed by atoms with Crippen LogP contribution < -0.4 is 15.8 Å². The summed E-state index contributed by atoms with van der Waals surface area (Å²) in [6.45, 7) is 8.33. The highest BCUT2D eigenvalue weighted by molar-refractivity contribution is 5.77. The highest BCUT2D eigenvalue weighted by atomic mass is 16.5. The van der Waals surface area contributed by atoms with E-state index in [0.29, 0.717) is 6.42 Å². The number of benzene rings is 1. The minimum atomic E-state index is -0.116. The van der Waals surface area contributed by atoms with Crippen LogP contribution in [0.25, 0.3) is 0 Å². The average molecular weight is 292 g/mol. The summed E-state index contributed by atoms with van der Waals surface area (Å²) in [5, 5.41) is 2.99. The second-order valence-electron chi connectivity index (χ2n) is 6.76. The van der Waals surface area contributed by atoms with E-state index in [4.69, 9.17) is 10.5 Å². The third kappa shape index (κ3) is 6.17. The van der Waals surface area contributed by atoms with Gasteiger partial charge in [0.05, 0.1) is 13.2 Å². The first-order valence-corrected chi connectivity index (χ1v) is 7.41. The Morgan fingerprint density at radius 1 is 1.33 bits per heavy atom. The number of hydrogen-bond donors (Lipinski definition) is 2. The molecule has 0 radical (unpaired) electrons. The van der Waals surface area contributed by atoms with Gasteiger partial charge in [0.1, 0.15) is 5.75 Å². The Kier molecular flexibility index (Phi) is 6.21. The van der Waals surface area contributed by atoms with Crippen molar-refractivity contribution in [3.05, 3.63) is 29.8 Å². The van der Waals surface area contributed by atoms with E-state index < -0.39 is 0 Å². The molecular formula is C17H28N2O2. The van der Waals surface area contributed by atoms with Gasteiger partial charge in [-0.05, 0) is 24.8 Å². The molecule has 21 heavy (non-hydrogen) atoms. The van der Waals surface area contributed by atoms with Crippen LogP contribution in [0.3, 0.4) is 0 Å². The molecule has 0 aliphatic rings. The molecule has 0 fully saturated rings. The molecule has 3 N–H and O–H groups in total. The van der Waals surface area contributed by atoms with Gasteiger partial charge in [0.15, 0.2) is 0 Å². The highest BCUT2D eigenvalue weighted by Crippen LogP contribution is 2.25. The first kappa shape index (κ1) is 17.5. The van der Waals surface area contributed by atoms with Crippen LogP contribution in [-0.2, 0) is 4.79 Å². The number of para-hydroxylation sites is 1. The van der Waals surface area contributed by atoms with Gasteiger partial charge in [-0.15, -0.1) is 0 Å². The van der Waals surface area contributed by atoms with E-state index in [1.807, 2.05) is 31.2 Å². The van der Waals surface area contributed by atoms with Crippen molar-refractivity contribution >= 4 is 5.91 Å². The van der Waals surface area contributed by atoms with Crippen LogP contribution in [0.1, 0.15) is 52.1 Å². The molecule has 1 rings (SSSR count). The predicted molar refractivity (Wildman–Crippen MR) is 86.2 cm³/mol. The Balaban J connectivity index is 2.58. The van der Waals surface area contributed by atoms with Crippen LogP contribution in [0.4, 0.5) is 0 Å². The van der Waals surface area contributed by atoms with Crippen LogP contribution in [0.2, 0.25) is 0 Å². The SMILES string of the molecule is COc1ccccc1[C@H](C)NC(=O)CC(N)CC(C)(C)C. The van der Waals surface area contributed by atoms with Crippen molar-refractivity contribution in [3.8, 4) is 5.75 Å². The number of ether oxygens (including phenoxy) is 1. The maximum absolute atomic E-state index is 12.1. The highest BCUT2D eigenvalue weighted by Gasteiger charge is 2.20. The maximum atomic E-state index is 12.1. The zero-order chi connectivity index (χ0) is 16.0. The van der Waals surface area contributed by atoms with Gasteiger partial charge in [-0.1, -0.05) is 39.0 Å². The lowest BCUT2D eigenvalue weighted by Crippen LogP contribution is -2.35. The lowest BCUT2D eigenvalue weighted by atomic mass is 9.87. The Hall–Kier alpha value is -1.55. The van der Waals surface area contributed by atoms with Crippen molar-refractivity contribution < 1.29 is 9.53 Å². The fourth-order valence-electron chi connectivity index (χ4n) is 2.50. The fraction of sp³-hybridized carbons (Fsp3) is 0.588. The number of carbonyl (C=O) groups is 1. The number of methoxy groups -OCH3 is 1. The summed E-state index contributed by atoms with van der Waals surface area (Å²) in [6.07, 6.45) is 1.17. The summed E-state index contributed by atoms with van der Waals surface area (Å²) in [7, 11) is 1.63. The molecule has 0 spiro atoms. The molecule has 1 aromatic carbocycles. The molecule has 0 aliphatic carbocycles. The molecule has 2 atom stereocenters. The maximum Gasteiger partial charge on any atom is 0.222 e. The molecule has 0 heterocycles. The number of rotatable bonds is 6. The molecule has 0 saturated carbocycles. The zero-order valence-electron chi connectivity index (χ0n) is 13.8. The van der Waals surface area contributed by atoms with Gasteiger partial charge in [-0.25, -0.2) is 0 Å². The summed E-state index contributed by atoms with van der Waals surface area (Å²) >= 11 is 0. The summed E-state index contributed by atoms with van der Waals surface area (Å²) < 4.78 is 5.32. The first-order valence-electron chi connectivity index (χ1n) is 7.41. The van der Waals surface area contributed by atoms with Crippen LogP contribution in [0, 0.1) is 5.41 Å². The van der Waals surface area contributed by atoms with E-state index in [1.54, 1.807) is 7.11 Å². The number of nitrogens with two attached hydrogens (primary N) is 1. The van der Waals surface area contributed by atoms with E-state index in [2.05, 4.69) is 26.1 Å². The molecule has 0 bridgehead atoms. The Morgan fingerprint density at radius 3 is 2.52 bits per heavy atom. The van der Waals surface area contributed by atoms with Crippen LogP contribution in [0.5, 0.6) is 5.75 Å². The average Bonchev–Trinajstić information content (AvgIpc) is 2.35. The standard InChI is InChI=1S/C17H28N2O2/c1-12(14-8-6-7-9-15(14)21-5)19-16(20)10-13(18)11-17(2,3)4/h6-9,12-13H,10-11,18H2,1-5H3,(H,19,20)/t12-,13?/m0/s1. The minimum Gasteiger partial charge on any atom is -0.496 e. The van der Waals surface area contributed by atoms with Gasteiger partial charge in [0.2, 0.25) is 5.91 Å². The third-order valence-corrected chi connectivity index (χ3v) is 3.31. The van der Waals surface area contributed by atoms with Crippen molar-refractivity contribution in [3.63, 3.8) is 0 Å². The van der Waals surface area contributed by atoms with Crippen LogP contribution >= 0.6 is 0 Å². The van der Waals surface area contributed by atoms with E-state index in [-0.39, 0.29) is 23.4 Å². The molecule has 0 saturated heterocycles. The van der Waals surface area contributed by atoms with Crippen LogP contribution in [-0.4, -0.2) is 19.1 Å². The predicted octanol–water partition coefficient (Wildman–Crippen LogP) is 3.03. The van der Waals surface area contributed by atoms with E-state index in [0.717, 1.165) is 17.7 Å². The summed E-state index contributed by atoms with van der Waals surface area (Å²) in [5.74, 6) is 0.759. The first-order chi connectivity index (χ1) is 9.73. The van der Waals surface area contributed by atoms with Crippen molar-refractivity contribution in [2.45, 2.75) is 52.6 Å². The van der Waals surface area contributed by atoms with Gasteiger partial charge in [-0.3, -0.25) is 4.79 Å². The molecular weight excluding hydrogens is 264 g/mol. The van der Waals surface area contributed by atoms with Gasteiger partial charge >= 0.3 is 0 Å². The monoisotopic (exact) mass is 292 g/mol. The normalized spacial score (nSPS) is 14.4. The lowest BCUT2D eigenvalue weighted by molar-refractivity contribution is -0.122. The molecule has 0 aliphatic heterocycles. The Bertz CT molecular complexity index is 466. The van der Waals surface area contributed by atoms with Gasteiger partial charge in [-0.2, -0.15) is 0 Å². The second-order valence-corrected chi connectivity index (χ2v) is 6.76. The van der Waals surface area contributed by atoms with Gasteiger partial charge in [0.25, 0.3) is 0 Å². The molecule has 4 nitrogen and oxygen atoms in total. The van der Waals surface area contributed by atoms with E-state index in [9.17, 15) is 4.79 Å². The summed E-state index contributed by atoms with van der Waals surface area (Å²) in [6, 6.07) is 7.48. The van der Waals surface area contributed by atoms with Gasteiger partial charge < -0.3 is 15.8 Å². The molecule has 4 heteroatoms. The van der Waals surface area contributed by atoms with Crippen molar-refractivity contribution in [2.75, 3.05) is 7.11 Å². The minimum absolute atomic E-state index is 0.0230. The molecule has 118 valence electrons. The van der Waals surface area contributed by atoms with Crippen LogP contribution in [0.15, 0.2) is 24.3 Å². The molecule has 1 amide bonds. The quantitative estimate of drug-likeness (QED) is 0.847. The Labute approximate surface area is 128 Å².